The van der Waals surface area contributed by atoms with Crippen molar-refractivity contribution in [3.63, 3.8) is 0 Å². The van der Waals surface area contributed by atoms with Crippen molar-refractivity contribution in [2.45, 2.75) is 60.7 Å². The van der Waals surface area contributed by atoms with Crippen LogP contribution in [0, 0.1) is 11.8 Å². The van der Waals surface area contributed by atoms with Gasteiger partial charge in [0.15, 0.2) is 11.5 Å². The van der Waals surface area contributed by atoms with Gasteiger partial charge in [-0.25, -0.2) is 0 Å². The molecule has 4 aliphatic heterocycles. The highest BCUT2D eigenvalue weighted by Gasteiger charge is 2.42. The van der Waals surface area contributed by atoms with Crippen LogP contribution in [0.1, 0.15) is 59.1 Å². The third-order valence-electron chi connectivity index (χ3n) is 12.2. The zero-order valence-corrected chi connectivity index (χ0v) is 36.3. The Bertz CT molecular complexity index is 2470. The summed E-state index contributed by atoms with van der Waals surface area (Å²) in [6.07, 6.45) is -4.33. The van der Waals surface area contributed by atoms with Gasteiger partial charge in [0.2, 0.25) is 11.8 Å². The van der Waals surface area contributed by atoms with Crippen molar-refractivity contribution in [3.05, 3.63) is 106 Å². The monoisotopic (exact) mass is 952 g/mol. The Balaban J connectivity index is 1.24. The maximum atomic E-state index is 15.8. The fourth-order valence-electron chi connectivity index (χ4n) is 8.71. The van der Waals surface area contributed by atoms with Crippen molar-refractivity contribution in [2.24, 2.45) is 11.8 Å². The number of likely N-dealkylation sites (tertiary alicyclic amines) is 2. The minimum Gasteiger partial charge on any atom is -0.481 e. The average molecular weight is 953 g/mol. The van der Waals surface area contributed by atoms with Crippen LogP contribution >= 0.6 is 11.8 Å². The summed E-state index contributed by atoms with van der Waals surface area (Å²) < 4.78 is 94.7. The van der Waals surface area contributed by atoms with Gasteiger partial charge in [-0.2, -0.15) is 36.1 Å². The Labute approximate surface area is 383 Å². The number of alkyl halides is 6. The maximum Gasteiger partial charge on any atom is 0.418 e. The highest BCUT2D eigenvalue weighted by atomic mass is 32.2. The molecular weight excluding hydrogens is 911 g/mol. The Morgan fingerprint density at radius 2 is 0.970 bits per heavy atom. The van der Waals surface area contributed by atoms with Gasteiger partial charge in [-0.3, -0.25) is 19.2 Å². The van der Waals surface area contributed by atoms with Crippen molar-refractivity contribution in [1.29, 1.82) is 0 Å². The van der Waals surface area contributed by atoms with Gasteiger partial charge in [-0.1, -0.05) is 36.0 Å². The molecule has 0 saturated carbocycles. The molecule has 4 aromatic carbocycles. The zero-order valence-electron chi connectivity index (χ0n) is 35.5. The maximum absolute atomic E-state index is 15.8. The third kappa shape index (κ3) is 10.5. The summed E-state index contributed by atoms with van der Waals surface area (Å²) >= 11 is 0.263. The lowest BCUT2D eigenvalue weighted by molar-refractivity contribution is -0.215. The first kappa shape index (κ1) is 47.2. The second-order valence-electron chi connectivity index (χ2n) is 16.4. The molecule has 0 bridgehead atoms. The normalized spacial score (nSPS) is 17.2. The molecule has 0 radical (unpaired) electrons. The predicted octanol–water partition coefficient (Wildman–Crippen LogP) is 9.62. The van der Waals surface area contributed by atoms with Crippen LogP contribution in [-0.2, 0) is 54.1 Å². The number of piperidine rings is 2. The van der Waals surface area contributed by atoms with Gasteiger partial charge in [0.1, 0.15) is 0 Å². The molecule has 19 heteroatoms. The molecule has 2 fully saturated rings. The van der Waals surface area contributed by atoms with E-state index in [-0.39, 0.29) is 123 Å². The molecule has 8 rings (SSSR count). The van der Waals surface area contributed by atoms with E-state index in [0.717, 1.165) is 24.3 Å². The minimum atomic E-state index is -5.16. The number of carboxylic acid groups (broad SMARTS) is 2. The van der Waals surface area contributed by atoms with Gasteiger partial charge in [0.25, 0.3) is 0 Å². The Morgan fingerprint density at radius 3 is 1.33 bits per heavy atom. The molecule has 0 spiro atoms. The second kappa shape index (κ2) is 19.5. The van der Waals surface area contributed by atoms with E-state index in [2.05, 4.69) is 0 Å². The second-order valence-corrected chi connectivity index (χ2v) is 17.5. The average Bonchev–Trinajstić information content (AvgIpc) is 3.31. The summed E-state index contributed by atoms with van der Waals surface area (Å²) in [7, 11) is 0. The topological polar surface area (TPSA) is 152 Å². The summed E-state index contributed by atoms with van der Waals surface area (Å²) in [4.78, 5) is 71.8. The van der Waals surface area contributed by atoms with E-state index in [1.54, 1.807) is 0 Å². The number of aliphatic carboxylic acids is 2. The van der Waals surface area contributed by atoms with Crippen LogP contribution in [0.25, 0.3) is 34.4 Å². The molecule has 2 saturated heterocycles. The van der Waals surface area contributed by atoms with Crippen molar-refractivity contribution in [1.82, 2.24) is 9.80 Å². The van der Waals surface area contributed by atoms with E-state index >= 15 is 26.3 Å². The Morgan fingerprint density at radius 1 is 0.582 bits per heavy atom. The highest BCUT2D eigenvalue weighted by molar-refractivity contribution is 7.99. The minimum absolute atomic E-state index is 0.0442. The van der Waals surface area contributed by atoms with Crippen LogP contribution < -0.4 is 9.78 Å². The van der Waals surface area contributed by atoms with Gasteiger partial charge < -0.3 is 29.8 Å². The van der Waals surface area contributed by atoms with Crippen molar-refractivity contribution in [2.75, 3.05) is 39.4 Å². The Hall–Kier alpha value is -6.31. The molecule has 67 heavy (non-hydrogen) atoms. The van der Waals surface area contributed by atoms with Gasteiger partial charge in [-0.05, 0) is 96.5 Å². The molecule has 4 aromatic rings. The molecule has 0 aliphatic carbocycles. The third-order valence-corrected chi connectivity index (χ3v) is 13.3. The fraction of sp³-hybridized carbons (Fsp3) is 0.333. The number of fused-ring (bicyclic) bond motifs is 2. The molecule has 4 heterocycles. The lowest BCUT2D eigenvalue weighted by Gasteiger charge is -2.29. The molecule has 0 unspecified atom stereocenters. The van der Waals surface area contributed by atoms with Gasteiger partial charge in [-0.15, -0.1) is 0 Å². The smallest absolute Gasteiger partial charge is 0.418 e. The van der Waals surface area contributed by atoms with E-state index in [9.17, 15) is 29.4 Å². The molecular formula is C48H42F6N2O10S. The molecule has 2 N–H and O–H groups in total. The van der Waals surface area contributed by atoms with Crippen LogP contribution in [0.3, 0.4) is 0 Å². The van der Waals surface area contributed by atoms with E-state index in [1.807, 2.05) is 0 Å². The fourth-order valence-corrected chi connectivity index (χ4v) is 9.86. The van der Waals surface area contributed by atoms with Gasteiger partial charge in [0, 0.05) is 83.2 Å². The number of carbonyl (C=O) groups is 4. The standard InChI is InChI=1S/C48H42F6N2O10S/c49-47(50,51)43-37(9-3-27(5-11-39(57)55-19-13-29(14-20-55)45(59)60)41(43)33-1-7-35-31(25-33)17-23-63-65-35)67-38-10-4-28(6-12-40(58)56-21-15-30(16-22-56)46(61)62)42(44(38)48(52,53)54)34-2-8-36-32(26-34)18-24-64-66-36/h1-12,25-26,29-30H,13-24H2,(H,59,60)(H,61,62). The molecule has 0 atom stereocenters. The predicted molar refractivity (Wildman–Crippen MR) is 230 cm³/mol. The van der Waals surface area contributed by atoms with Gasteiger partial charge in [0.05, 0.1) is 36.2 Å². The summed E-state index contributed by atoms with van der Waals surface area (Å²) in [6.45, 7) is 0.711. The van der Waals surface area contributed by atoms with Crippen LogP contribution in [-0.4, -0.2) is 83.2 Å². The number of amides is 2. The first-order valence-electron chi connectivity index (χ1n) is 21.4. The Kier molecular flexibility index (Phi) is 13.7. The highest BCUT2D eigenvalue weighted by Crippen LogP contribution is 2.52. The number of nitrogens with zero attached hydrogens (tertiary/aromatic N) is 2. The van der Waals surface area contributed by atoms with Crippen molar-refractivity contribution >= 4 is 47.7 Å². The molecule has 352 valence electrons. The quantitative estimate of drug-likeness (QED) is 0.0888. The lowest BCUT2D eigenvalue weighted by Crippen LogP contribution is -2.39. The summed E-state index contributed by atoms with van der Waals surface area (Å²) in [6, 6.07) is 13.3. The summed E-state index contributed by atoms with van der Waals surface area (Å²) in [5, 5.41) is 18.8. The summed E-state index contributed by atoms with van der Waals surface area (Å²) in [5.74, 6) is -3.80. The molecule has 12 nitrogen and oxygen atoms in total. The van der Waals surface area contributed by atoms with E-state index in [0.29, 0.717) is 11.1 Å². The number of benzene rings is 4. The summed E-state index contributed by atoms with van der Waals surface area (Å²) in [5.41, 5.74) is -2.34. The zero-order chi connectivity index (χ0) is 47.6. The van der Waals surface area contributed by atoms with E-state index < -0.39 is 80.0 Å². The van der Waals surface area contributed by atoms with Crippen molar-refractivity contribution in [3.8, 4) is 33.8 Å². The number of hydrogen-bond acceptors (Lipinski definition) is 9. The van der Waals surface area contributed by atoms with Crippen LogP contribution in [0.2, 0.25) is 0 Å². The van der Waals surface area contributed by atoms with E-state index in [4.69, 9.17) is 19.6 Å². The van der Waals surface area contributed by atoms with Crippen LogP contribution in [0.15, 0.2) is 82.6 Å². The SMILES string of the molecule is O=C(O)C1CCN(C(=O)C=Cc2ccc(Sc3ccc(C=CC(=O)N4CCC(C(=O)O)CC4)c(-c4ccc5c(c4)CCOO5)c3C(F)(F)F)c(C(F)(F)F)c2-c2ccc3c(c2)CCOO3)CC1. The number of halogens is 6. The molecule has 2 amide bonds. The van der Waals surface area contributed by atoms with Crippen LogP contribution in [0.5, 0.6) is 11.5 Å². The van der Waals surface area contributed by atoms with E-state index in [1.165, 1.54) is 70.5 Å². The molecule has 4 aliphatic rings. The first-order chi connectivity index (χ1) is 32.0. The number of hydrogen-bond donors (Lipinski definition) is 2. The number of rotatable bonds is 10. The largest absolute Gasteiger partial charge is 0.481 e. The number of carbonyl (C=O) groups excluding carboxylic acids is 2. The van der Waals surface area contributed by atoms with Gasteiger partial charge >= 0.3 is 24.3 Å². The number of carboxylic acids is 2. The van der Waals surface area contributed by atoms with Crippen LogP contribution in [0.4, 0.5) is 26.3 Å². The molecule has 0 aromatic heterocycles. The van der Waals surface area contributed by atoms with Crippen molar-refractivity contribution < 1.29 is 75.3 Å². The first-order valence-corrected chi connectivity index (χ1v) is 22.2. The lowest BCUT2D eigenvalue weighted by atomic mass is 9.91.